The Morgan fingerprint density at radius 2 is 0.448 bits per heavy atom. The first kappa shape index (κ1) is 62.4. The van der Waals surface area contributed by atoms with Crippen molar-refractivity contribution < 1.29 is 171 Å². The van der Waals surface area contributed by atoms with E-state index in [-0.39, 0.29) is 67.6 Å². The quantitative estimate of drug-likeness (QED) is 0.120. The molecule has 0 fully saturated rings. The van der Waals surface area contributed by atoms with Crippen molar-refractivity contribution in [2.75, 3.05) is 0 Å². The van der Waals surface area contributed by atoms with Gasteiger partial charge in [-0.3, -0.25) is 14.4 Å². The van der Waals surface area contributed by atoms with Gasteiger partial charge in [-0.05, 0) is 0 Å². The predicted octanol–water partition coefficient (Wildman–Crippen LogP) is 11.6. The number of hydrogen-bond donors (Lipinski definition) is 3. The second-order valence-corrected chi connectivity index (χ2v) is 14.4. The summed E-state index contributed by atoms with van der Waals surface area (Å²) in [5, 5.41) is 27.5. The Balaban J connectivity index is -0.000000374. The molecule has 58 heavy (non-hydrogen) atoms. The first-order chi connectivity index (χ1) is 24.1. The number of alkyl halides is 21. The van der Waals surface area contributed by atoms with Crippen LogP contribution < -0.4 is 0 Å². The fourth-order valence-corrected chi connectivity index (χ4v) is 2.29. The third-order valence-electron chi connectivity index (χ3n) is 6.29. The number of aliphatic hydroxyl groups is 3. The summed E-state index contributed by atoms with van der Waals surface area (Å²) in [4.78, 5) is 32.5. The van der Waals surface area contributed by atoms with E-state index in [1.54, 1.807) is 0 Å². The number of carbonyl (C=O) groups is 3. The maximum Gasteiger partial charge on any atom is 0.460 e. The molecule has 6 nitrogen and oxygen atoms in total. The number of rotatable bonds is 9. The minimum absolute atomic E-state index is 0. The molecule has 0 aromatic heterocycles. The Morgan fingerprint density at radius 3 is 0.534 bits per heavy atom. The molecule has 0 saturated carbocycles. The van der Waals surface area contributed by atoms with Crippen LogP contribution in [0.15, 0.2) is 35.5 Å². The Hall–Kier alpha value is -2.26. The molecular formula is C30H33EuF21O6. The number of allylic oxidation sites excluding steroid dienone is 6. The van der Waals surface area contributed by atoms with Crippen LogP contribution in [0.3, 0.4) is 0 Å². The van der Waals surface area contributed by atoms with Crippen LogP contribution in [-0.4, -0.2) is 86.7 Å². The summed E-state index contributed by atoms with van der Waals surface area (Å²) in [6, 6.07) is 0. The van der Waals surface area contributed by atoms with E-state index in [4.69, 9.17) is 15.3 Å². The van der Waals surface area contributed by atoms with Crippen LogP contribution in [0.4, 0.5) is 92.2 Å². The number of carbonyl (C=O) groups excluding carboxylic acids is 3. The maximum atomic E-state index is 12.9. The van der Waals surface area contributed by atoms with Crippen LogP contribution >= 0.6 is 0 Å². The third-order valence-corrected chi connectivity index (χ3v) is 6.29. The van der Waals surface area contributed by atoms with E-state index in [1.165, 1.54) is 62.3 Å². The second-order valence-electron chi connectivity index (χ2n) is 14.4. The number of ketones is 3. The zero-order valence-corrected chi connectivity index (χ0v) is 33.0. The molecule has 0 amide bonds. The van der Waals surface area contributed by atoms with Gasteiger partial charge in [0.25, 0.3) is 0 Å². The van der Waals surface area contributed by atoms with Gasteiger partial charge in [-0.25, -0.2) is 0 Å². The zero-order valence-electron chi connectivity index (χ0n) is 30.6. The van der Waals surface area contributed by atoms with E-state index in [9.17, 15) is 107 Å². The van der Waals surface area contributed by atoms with E-state index in [0.717, 1.165) is 0 Å². The van der Waals surface area contributed by atoms with Crippen LogP contribution in [0.2, 0.25) is 0 Å². The summed E-state index contributed by atoms with van der Waals surface area (Å²) < 4.78 is 258. The molecule has 0 aliphatic carbocycles. The molecule has 28 heteroatoms. The van der Waals surface area contributed by atoms with Crippen LogP contribution in [0.25, 0.3) is 0 Å². The zero-order chi connectivity index (χ0) is 47.6. The minimum atomic E-state index is -6.59. The SMILES string of the molecule is CC(C)(C)/C(O)=C/C(=O)C(F)(F)C(F)(F)C(F)(F)F.CC(C)(C)/C(O)=C/C(=O)C(F)(F)C(F)(F)C(F)(F)F.CC(C)(C)/C(O)=C\C(=O)C(F)(F)C(F)(F)C(F)(F)F.[Eu]. The molecule has 0 heterocycles. The largest absolute Gasteiger partial charge is 0.512 e. The van der Waals surface area contributed by atoms with Gasteiger partial charge in [0.1, 0.15) is 17.3 Å². The van der Waals surface area contributed by atoms with Gasteiger partial charge in [0.05, 0.1) is 0 Å². The molecule has 0 aromatic carbocycles. The number of aliphatic hydroxyl groups excluding tert-OH is 3. The summed E-state index contributed by atoms with van der Waals surface area (Å²) in [6.07, 6.45) is -20.7. The minimum Gasteiger partial charge on any atom is -0.512 e. The molecule has 0 bridgehead atoms. The molecule has 0 aliphatic heterocycles. The molecule has 0 aliphatic rings. The Bertz CT molecular complexity index is 1350. The molecule has 0 rings (SSSR count). The van der Waals surface area contributed by atoms with E-state index in [1.807, 2.05) is 0 Å². The molecule has 0 unspecified atom stereocenters. The second kappa shape index (κ2) is 19.2. The fraction of sp³-hybridized carbons (Fsp3) is 0.700. The smallest absolute Gasteiger partial charge is 0.460 e. The average Bonchev–Trinajstić information content (AvgIpc) is 2.93. The van der Waals surface area contributed by atoms with Crippen molar-refractivity contribution in [2.24, 2.45) is 16.2 Å². The summed E-state index contributed by atoms with van der Waals surface area (Å²) in [5.74, 6) is -49.1. The van der Waals surface area contributed by atoms with Crippen molar-refractivity contribution in [3.8, 4) is 0 Å². The van der Waals surface area contributed by atoms with Crippen molar-refractivity contribution in [2.45, 2.75) is 116 Å². The van der Waals surface area contributed by atoms with Crippen molar-refractivity contribution in [3.05, 3.63) is 35.5 Å². The molecule has 1 radical (unpaired) electrons. The Kier molecular flexibility index (Phi) is 20.7. The first-order valence-corrected chi connectivity index (χ1v) is 14.5. The summed E-state index contributed by atoms with van der Waals surface area (Å²) >= 11 is 0. The summed E-state index contributed by atoms with van der Waals surface area (Å²) in [6.45, 7) is 11.2. The molecule has 0 atom stereocenters. The van der Waals surface area contributed by atoms with Crippen molar-refractivity contribution in [1.82, 2.24) is 0 Å². The average molecular weight is 1040 g/mol. The van der Waals surface area contributed by atoms with Crippen LogP contribution in [0.1, 0.15) is 62.3 Å². The van der Waals surface area contributed by atoms with Gasteiger partial charge in [0, 0.05) is 83.8 Å². The van der Waals surface area contributed by atoms with Gasteiger partial charge in [-0.1, -0.05) is 62.3 Å². The maximum absolute atomic E-state index is 12.9. The summed E-state index contributed by atoms with van der Waals surface area (Å²) in [7, 11) is 0. The Labute approximate surface area is 355 Å². The van der Waals surface area contributed by atoms with Gasteiger partial charge in [-0.15, -0.1) is 0 Å². The van der Waals surface area contributed by atoms with Gasteiger partial charge < -0.3 is 15.3 Å². The number of halogens is 21. The molecule has 0 aromatic rings. The molecule has 3 N–H and O–H groups in total. The molecular weight excluding hydrogens is 1010 g/mol. The monoisotopic (exact) mass is 1040 g/mol. The van der Waals surface area contributed by atoms with Crippen LogP contribution in [-0.2, 0) is 14.4 Å². The van der Waals surface area contributed by atoms with Crippen molar-refractivity contribution in [3.63, 3.8) is 0 Å². The van der Waals surface area contributed by atoms with Crippen molar-refractivity contribution >= 4 is 17.3 Å². The van der Waals surface area contributed by atoms with E-state index in [2.05, 4.69) is 0 Å². The predicted molar refractivity (Wildman–Crippen MR) is 153 cm³/mol. The number of hydrogen-bond acceptors (Lipinski definition) is 6. The standard InChI is InChI=1S/3C10H11F7O2.Eu/c3*1-7(2,3)5(18)4-6(19)8(11,12)9(13,14)10(15,16)17;/h3*4,18H,1-3H3;/b5-4+;2*5-4-;. The van der Waals surface area contributed by atoms with Crippen LogP contribution in [0.5, 0.6) is 0 Å². The third kappa shape index (κ3) is 15.0. The fourth-order valence-electron chi connectivity index (χ4n) is 2.29. The van der Waals surface area contributed by atoms with Gasteiger partial charge in [0.2, 0.25) is 17.3 Å². The molecule has 0 spiro atoms. The molecule has 343 valence electrons. The van der Waals surface area contributed by atoms with Crippen molar-refractivity contribution in [1.29, 1.82) is 0 Å². The van der Waals surface area contributed by atoms with Gasteiger partial charge in [-0.2, -0.15) is 92.2 Å². The Morgan fingerprint density at radius 1 is 0.328 bits per heavy atom. The van der Waals surface area contributed by atoms with E-state index in [0.29, 0.717) is 0 Å². The molecule has 0 saturated heterocycles. The van der Waals surface area contributed by atoms with Gasteiger partial charge in [0.15, 0.2) is 0 Å². The topological polar surface area (TPSA) is 112 Å². The van der Waals surface area contributed by atoms with E-state index >= 15 is 0 Å². The van der Waals surface area contributed by atoms with Gasteiger partial charge >= 0.3 is 54.1 Å². The van der Waals surface area contributed by atoms with Crippen LogP contribution in [0, 0.1) is 65.6 Å². The first-order valence-electron chi connectivity index (χ1n) is 14.5. The summed E-state index contributed by atoms with van der Waals surface area (Å²) in [5.41, 5.74) is -3.75. The van der Waals surface area contributed by atoms with E-state index < -0.39 is 105 Å². The normalized spacial score (nSPS) is 15.3.